The van der Waals surface area contributed by atoms with Gasteiger partial charge < -0.3 is 19.2 Å². The van der Waals surface area contributed by atoms with Gasteiger partial charge in [0.2, 0.25) is 5.88 Å². The molecular weight excluding hydrogens is 453 g/mol. The molecule has 1 saturated heterocycles. The summed E-state index contributed by atoms with van der Waals surface area (Å²) >= 11 is 0. The number of ether oxygens (including phenoxy) is 1. The number of amides is 2. The molecule has 2 amide bonds. The summed E-state index contributed by atoms with van der Waals surface area (Å²) in [6, 6.07) is 4.33. The van der Waals surface area contributed by atoms with E-state index in [4.69, 9.17) is 9.15 Å². The number of aryl methyl sites for hydroxylation is 3. The summed E-state index contributed by atoms with van der Waals surface area (Å²) in [7, 11) is -4.31. The standard InChI is InChI=1S/C23H29N3O5S.Na/c1-15-8-9-21(31-15)26(18-10-12-30-13-11-18)32(28,29)25-23(27)24-22-19-6-2-4-16(19)14-17-5-3-7-20(17)22;/h8-9,14,18H,2-7,10-13H2,1H3,(H2,24,25,27);/q;+1/p-1. The van der Waals surface area contributed by atoms with E-state index in [1.54, 1.807) is 19.1 Å². The van der Waals surface area contributed by atoms with Gasteiger partial charge in [0.05, 0.1) is 6.04 Å². The number of fused-ring (bicyclic) bond motifs is 2. The fourth-order valence-corrected chi connectivity index (χ4v) is 6.44. The molecule has 1 aromatic carbocycles. The molecule has 0 unspecified atom stereocenters. The smallest absolute Gasteiger partial charge is 0.445 e. The van der Waals surface area contributed by atoms with Crippen LogP contribution < -0.4 is 39.2 Å². The van der Waals surface area contributed by atoms with Gasteiger partial charge in [-0.3, -0.25) is 4.79 Å². The second-order valence-electron chi connectivity index (χ2n) is 8.76. The molecule has 0 saturated carbocycles. The summed E-state index contributed by atoms with van der Waals surface area (Å²) in [5.74, 6) is 0.763. The number of urea groups is 1. The van der Waals surface area contributed by atoms with Crippen LogP contribution in [0.2, 0.25) is 0 Å². The van der Waals surface area contributed by atoms with Crippen molar-refractivity contribution < 1.29 is 51.9 Å². The van der Waals surface area contributed by atoms with Crippen molar-refractivity contribution in [1.29, 1.82) is 0 Å². The summed E-state index contributed by atoms with van der Waals surface area (Å²) in [4.78, 5) is 12.9. The van der Waals surface area contributed by atoms with Gasteiger partial charge in [-0.05, 0) is 92.3 Å². The van der Waals surface area contributed by atoms with Crippen LogP contribution in [0.5, 0.6) is 0 Å². The van der Waals surface area contributed by atoms with Gasteiger partial charge >= 0.3 is 29.6 Å². The van der Waals surface area contributed by atoms with Gasteiger partial charge in [0.25, 0.3) is 10.2 Å². The van der Waals surface area contributed by atoms with Crippen LogP contribution in [0.4, 0.5) is 16.4 Å². The molecule has 1 aromatic heterocycles. The van der Waals surface area contributed by atoms with E-state index >= 15 is 0 Å². The predicted octanol–water partition coefficient (Wildman–Crippen LogP) is 1.41. The molecule has 2 aliphatic carbocycles. The molecule has 10 heteroatoms. The van der Waals surface area contributed by atoms with Crippen LogP contribution in [0.1, 0.15) is 53.7 Å². The van der Waals surface area contributed by atoms with Crippen molar-refractivity contribution in [3.8, 4) is 0 Å². The SMILES string of the molecule is Cc1ccc(N(C2CCOCC2)S(=O)(=O)[N-]C(=O)Nc2c3c(cc4c2CCC4)CCC3)o1.[Na+]. The van der Waals surface area contributed by atoms with E-state index in [-0.39, 0.29) is 41.5 Å². The Morgan fingerprint density at radius 3 is 2.27 bits per heavy atom. The third kappa shape index (κ3) is 4.98. The second kappa shape index (κ2) is 10.00. The van der Waals surface area contributed by atoms with Crippen molar-refractivity contribution in [2.75, 3.05) is 22.8 Å². The van der Waals surface area contributed by atoms with Gasteiger partial charge in [-0.2, -0.15) is 0 Å². The first-order valence-electron chi connectivity index (χ1n) is 11.3. The summed E-state index contributed by atoms with van der Waals surface area (Å²) in [5.41, 5.74) is 5.57. The molecule has 2 heterocycles. The van der Waals surface area contributed by atoms with E-state index in [1.165, 1.54) is 11.1 Å². The van der Waals surface area contributed by atoms with Gasteiger partial charge in [0, 0.05) is 19.3 Å². The molecule has 172 valence electrons. The van der Waals surface area contributed by atoms with Crippen molar-refractivity contribution in [3.63, 3.8) is 0 Å². The van der Waals surface area contributed by atoms with E-state index < -0.39 is 16.2 Å². The van der Waals surface area contributed by atoms with E-state index in [9.17, 15) is 13.2 Å². The average molecular weight is 482 g/mol. The van der Waals surface area contributed by atoms with E-state index in [0.29, 0.717) is 31.8 Å². The van der Waals surface area contributed by atoms with Gasteiger partial charge in [0.1, 0.15) is 5.76 Å². The number of nitrogens with one attached hydrogen (secondary N) is 1. The van der Waals surface area contributed by atoms with E-state index in [1.807, 2.05) is 0 Å². The van der Waals surface area contributed by atoms with Gasteiger partial charge in [-0.25, -0.2) is 12.7 Å². The Morgan fingerprint density at radius 2 is 1.70 bits per heavy atom. The van der Waals surface area contributed by atoms with Crippen molar-refractivity contribution in [3.05, 3.63) is 50.9 Å². The molecule has 5 rings (SSSR count). The molecule has 1 fully saturated rings. The normalized spacial score (nSPS) is 17.7. The Balaban J connectivity index is 0.00000259. The minimum atomic E-state index is -4.31. The molecule has 0 spiro atoms. The molecule has 1 N–H and O–H groups in total. The Morgan fingerprint density at radius 1 is 1.06 bits per heavy atom. The van der Waals surface area contributed by atoms with Crippen LogP contribution in [-0.2, 0) is 40.6 Å². The molecule has 0 radical (unpaired) electrons. The zero-order valence-corrected chi connectivity index (χ0v) is 22.0. The van der Waals surface area contributed by atoms with Crippen LogP contribution in [0.3, 0.4) is 0 Å². The first kappa shape index (κ1) is 24.6. The molecule has 1 aliphatic heterocycles. The molecule has 0 bridgehead atoms. The van der Waals surface area contributed by atoms with Crippen LogP contribution in [0.15, 0.2) is 22.6 Å². The minimum absolute atomic E-state index is 0. The number of benzene rings is 1. The van der Waals surface area contributed by atoms with E-state index in [0.717, 1.165) is 59.6 Å². The molecule has 8 nitrogen and oxygen atoms in total. The van der Waals surface area contributed by atoms with Crippen molar-refractivity contribution in [2.24, 2.45) is 0 Å². The molecule has 33 heavy (non-hydrogen) atoms. The maximum atomic E-state index is 13.3. The van der Waals surface area contributed by atoms with Crippen LogP contribution in [-0.4, -0.2) is 33.7 Å². The number of carbonyl (C=O) groups is 1. The number of carbonyl (C=O) groups excluding carboxylic acids is 1. The zero-order valence-electron chi connectivity index (χ0n) is 19.2. The maximum Gasteiger partial charge on any atom is 1.00 e. The van der Waals surface area contributed by atoms with Crippen molar-refractivity contribution >= 4 is 27.8 Å². The fraction of sp³-hybridized carbons (Fsp3) is 0.522. The van der Waals surface area contributed by atoms with Crippen molar-refractivity contribution in [1.82, 2.24) is 0 Å². The number of furan rings is 1. The third-order valence-electron chi connectivity index (χ3n) is 6.62. The molecule has 3 aliphatic rings. The largest absolute Gasteiger partial charge is 1.00 e. The number of nitrogens with zero attached hydrogens (tertiary/aromatic N) is 2. The van der Waals surface area contributed by atoms with E-state index in [2.05, 4.69) is 16.1 Å². The topological polar surface area (TPSA) is 103 Å². The van der Waals surface area contributed by atoms with Crippen LogP contribution >= 0.6 is 0 Å². The minimum Gasteiger partial charge on any atom is -0.445 e. The summed E-state index contributed by atoms with van der Waals surface area (Å²) in [5, 5.41) is 2.85. The van der Waals surface area contributed by atoms with Gasteiger partial charge in [0.15, 0.2) is 6.03 Å². The Kier molecular flexibility index (Phi) is 7.45. The monoisotopic (exact) mass is 481 g/mol. The summed E-state index contributed by atoms with van der Waals surface area (Å²) in [6.45, 7) is 2.65. The molecule has 0 atom stereocenters. The summed E-state index contributed by atoms with van der Waals surface area (Å²) < 4.78 is 42.4. The van der Waals surface area contributed by atoms with Gasteiger partial charge in [-0.1, -0.05) is 6.07 Å². The maximum absolute atomic E-state index is 13.3. The molecular formula is C23H28N3NaO5S. The average Bonchev–Trinajstić information content (AvgIpc) is 3.49. The fourth-order valence-electron chi connectivity index (χ4n) is 5.19. The third-order valence-corrected chi connectivity index (χ3v) is 7.99. The quantitative estimate of drug-likeness (QED) is 0.651. The zero-order chi connectivity index (χ0) is 22.3. The number of rotatable bonds is 5. The molecule has 2 aromatic rings. The van der Waals surface area contributed by atoms with Crippen LogP contribution in [0.25, 0.3) is 4.72 Å². The summed E-state index contributed by atoms with van der Waals surface area (Å²) in [6.07, 6.45) is 6.89. The second-order valence-corrected chi connectivity index (χ2v) is 10.2. The van der Waals surface area contributed by atoms with Gasteiger partial charge in [-0.15, -0.1) is 0 Å². The first-order valence-corrected chi connectivity index (χ1v) is 12.7. The Hall–Kier alpha value is -1.52. The number of hydrogen-bond donors (Lipinski definition) is 1. The predicted molar refractivity (Wildman–Crippen MR) is 122 cm³/mol. The van der Waals surface area contributed by atoms with Crippen molar-refractivity contribution in [2.45, 2.75) is 64.3 Å². The number of anilines is 2. The number of hydrogen-bond acceptors (Lipinski definition) is 5. The first-order chi connectivity index (χ1) is 15.4. The van der Waals surface area contributed by atoms with Crippen LogP contribution in [0, 0.1) is 6.92 Å². The Bertz CT molecular complexity index is 1110. The Labute approximate surface area is 216 Å².